The van der Waals surface area contributed by atoms with E-state index in [9.17, 15) is 0 Å². The van der Waals surface area contributed by atoms with Gasteiger partial charge in [0, 0.05) is 23.3 Å². The third-order valence-electron chi connectivity index (χ3n) is 3.94. The molecule has 1 N–H and O–H groups in total. The van der Waals surface area contributed by atoms with Crippen LogP contribution in [0.5, 0.6) is 0 Å². The molecule has 1 aromatic rings. The molecule has 2 aliphatic heterocycles. The van der Waals surface area contributed by atoms with Gasteiger partial charge in [-0.2, -0.15) is 0 Å². The van der Waals surface area contributed by atoms with E-state index < -0.39 is 0 Å². The lowest BCUT2D eigenvalue weighted by atomic mass is 9.94. The van der Waals surface area contributed by atoms with Gasteiger partial charge in [-0.1, -0.05) is 24.1 Å². The third kappa shape index (κ3) is 2.29. The smallest absolute Gasteiger partial charge is 0.0426 e. The predicted molar refractivity (Wildman–Crippen MR) is 72.7 cm³/mol. The van der Waals surface area contributed by atoms with E-state index in [2.05, 4.69) is 22.3 Å². The van der Waals surface area contributed by atoms with Crippen LogP contribution in [-0.2, 0) is 0 Å². The largest absolute Gasteiger partial charge is 0.385 e. The van der Waals surface area contributed by atoms with Gasteiger partial charge in [-0.25, -0.2) is 0 Å². The minimum absolute atomic E-state index is 0.601. The van der Waals surface area contributed by atoms with Crippen LogP contribution in [0, 0.1) is 0 Å². The lowest BCUT2D eigenvalue weighted by Gasteiger charge is -2.38. The number of hydrogen-bond acceptors (Lipinski definition) is 2. The van der Waals surface area contributed by atoms with Gasteiger partial charge in [0.2, 0.25) is 0 Å². The Balaban J connectivity index is 1.88. The number of anilines is 1. The molecular weight excluding hydrogens is 232 g/mol. The first-order chi connectivity index (χ1) is 8.34. The molecular formula is C14H19ClN2. The number of halogens is 1. The molecule has 0 aromatic heterocycles. The summed E-state index contributed by atoms with van der Waals surface area (Å²) >= 11 is 6.06. The minimum atomic E-state index is 0.601. The van der Waals surface area contributed by atoms with Crippen molar-refractivity contribution in [3.8, 4) is 0 Å². The summed E-state index contributed by atoms with van der Waals surface area (Å²) in [7, 11) is 0. The molecule has 0 spiro atoms. The maximum atomic E-state index is 6.06. The summed E-state index contributed by atoms with van der Waals surface area (Å²) in [5.74, 6) is 0. The standard InChI is InChI=1S/C14H19ClN2/c15-11-4-5-12-13(10-11)16-7-6-14(12)17-8-2-1-3-9-17/h4-5,10,14,16H,1-3,6-9H2. The second-order valence-corrected chi connectivity index (χ2v) is 5.50. The lowest BCUT2D eigenvalue weighted by Crippen LogP contribution is -2.36. The van der Waals surface area contributed by atoms with Crippen LogP contribution < -0.4 is 5.32 Å². The Bertz CT molecular complexity index is 399. The average molecular weight is 251 g/mol. The van der Waals surface area contributed by atoms with Crippen molar-refractivity contribution >= 4 is 17.3 Å². The number of benzene rings is 1. The molecule has 1 atom stereocenters. The Kier molecular flexibility index (Phi) is 3.26. The molecule has 1 fully saturated rings. The Morgan fingerprint density at radius 1 is 1.18 bits per heavy atom. The van der Waals surface area contributed by atoms with Crippen molar-refractivity contribution in [2.45, 2.75) is 31.7 Å². The van der Waals surface area contributed by atoms with Crippen LogP contribution in [0.15, 0.2) is 18.2 Å². The van der Waals surface area contributed by atoms with E-state index in [-0.39, 0.29) is 0 Å². The summed E-state index contributed by atoms with van der Waals surface area (Å²) in [5.41, 5.74) is 2.67. The van der Waals surface area contributed by atoms with Crippen molar-refractivity contribution in [2.24, 2.45) is 0 Å². The quantitative estimate of drug-likeness (QED) is 0.818. The van der Waals surface area contributed by atoms with E-state index in [0.29, 0.717) is 6.04 Å². The number of fused-ring (bicyclic) bond motifs is 1. The molecule has 2 nitrogen and oxygen atoms in total. The highest BCUT2D eigenvalue weighted by atomic mass is 35.5. The maximum absolute atomic E-state index is 6.06. The van der Waals surface area contributed by atoms with Crippen LogP contribution >= 0.6 is 11.6 Å². The first-order valence-electron chi connectivity index (χ1n) is 6.62. The summed E-state index contributed by atoms with van der Waals surface area (Å²) < 4.78 is 0. The van der Waals surface area contributed by atoms with Crippen LogP contribution in [0.2, 0.25) is 5.02 Å². The molecule has 0 aliphatic carbocycles. The van der Waals surface area contributed by atoms with Gasteiger partial charge in [0.15, 0.2) is 0 Å². The normalized spacial score (nSPS) is 25.1. The SMILES string of the molecule is Clc1ccc2c(c1)NCCC2N1CCCCC1. The number of likely N-dealkylation sites (tertiary alicyclic amines) is 1. The van der Waals surface area contributed by atoms with E-state index >= 15 is 0 Å². The van der Waals surface area contributed by atoms with Crippen LogP contribution in [-0.4, -0.2) is 24.5 Å². The molecule has 3 rings (SSSR count). The molecule has 0 bridgehead atoms. The molecule has 1 unspecified atom stereocenters. The second kappa shape index (κ2) is 4.87. The van der Waals surface area contributed by atoms with Gasteiger partial charge in [-0.05, 0) is 50.0 Å². The van der Waals surface area contributed by atoms with Gasteiger partial charge in [0.05, 0.1) is 0 Å². The van der Waals surface area contributed by atoms with E-state index in [1.54, 1.807) is 0 Å². The lowest BCUT2D eigenvalue weighted by molar-refractivity contribution is 0.156. The zero-order valence-electron chi connectivity index (χ0n) is 10.1. The number of nitrogens with one attached hydrogen (secondary N) is 1. The van der Waals surface area contributed by atoms with Crippen LogP contribution in [0.25, 0.3) is 0 Å². The van der Waals surface area contributed by atoms with Gasteiger partial charge >= 0.3 is 0 Å². The number of nitrogens with zero attached hydrogens (tertiary/aromatic N) is 1. The fourth-order valence-electron chi connectivity index (χ4n) is 3.08. The van der Waals surface area contributed by atoms with Gasteiger partial charge in [0.25, 0.3) is 0 Å². The topological polar surface area (TPSA) is 15.3 Å². The molecule has 0 saturated carbocycles. The van der Waals surface area contributed by atoms with Crippen molar-refractivity contribution in [1.82, 2.24) is 4.90 Å². The van der Waals surface area contributed by atoms with Crippen molar-refractivity contribution in [3.63, 3.8) is 0 Å². The fraction of sp³-hybridized carbons (Fsp3) is 0.571. The molecule has 2 aliphatic rings. The summed E-state index contributed by atoms with van der Waals surface area (Å²) in [6.45, 7) is 3.58. The van der Waals surface area contributed by atoms with Gasteiger partial charge in [-0.15, -0.1) is 0 Å². The van der Waals surface area contributed by atoms with Gasteiger partial charge in [0.1, 0.15) is 0 Å². The van der Waals surface area contributed by atoms with E-state index in [1.807, 2.05) is 6.07 Å². The van der Waals surface area contributed by atoms with Gasteiger partial charge < -0.3 is 5.32 Å². The number of piperidine rings is 1. The van der Waals surface area contributed by atoms with Crippen LogP contribution in [0.4, 0.5) is 5.69 Å². The summed E-state index contributed by atoms with van der Waals surface area (Å²) in [4.78, 5) is 2.65. The third-order valence-corrected chi connectivity index (χ3v) is 4.17. The first-order valence-corrected chi connectivity index (χ1v) is 7.00. The van der Waals surface area contributed by atoms with E-state index in [4.69, 9.17) is 11.6 Å². The Morgan fingerprint density at radius 2 is 2.00 bits per heavy atom. The van der Waals surface area contributed by atoms with Gasteiger partial charge in [-0.3, -0.25) is 4.90 Å². The molecule has 1 saturated heterocycles. The number of rotatable bonds is 1. The zero-order valence-corrected chi connectivity index (χ0v) is 10.8. The van der Waals surface area contributed by atoms with Crippen LogP contribution in [0.1, 0.15) is 37.3 Å². The monoisotopic (exact) mass is 250 g/mol. The summed E-state index contributed by atoms with van der Waals surface area (Å²) in [6, 6.07) is 6.88. The Hall–Kier alpha value is -0.730. The van der Waals surface area contributed by atoms with Crippen molar-refractivity contribution in [1.29, 1.82) is 0 Å². The van der Waals surface area contributed by atoms with Crippen LogP contribution in [0.3, 0.4) is 0 Å². The summed E-state index contributed by atoms with van der Waals surface area (Å²) in [5, 5.41) is 4.29. The molecule has 92 valence electrons. The highest BCUT2D eigenvalue weighted by molar-refractivity contribution is 6.30. The average Bonchev–Trinajstić information content (AvgIpc) is 2.39. The molecule has 17 heavy (non-hydrogen) atoms. The van der Waals surface area contributed by atoms with Crippen molar-refractivity contribution in [2.75, 3.05) is 25.0 Å². The fourth-order valence-corrected chi connectivity index (χ4v) is 3.25. The maximum Gasteiger partial charge on any atom is 0.0426 e. The van der Waals surface area contributed by atoms with E-state index in [1.165, 1.54) is 50.0 Å². The Labute approximate surface area is 108 Å². The summed E-state index contributed by atoms with van der Waals surface area (Å²) in [6.07, 6.45) is 5.32. The van der Waals surface area contributed by atoms with Crippen molar-refractivity contribution in [3.05, 3.63) is 28.8 Å². The number of hydrogen-bond donors (Lipinski definition) is 1. The minimum Gasteiger partial charge on any atom is -0.385 e. The zero-order chi connectivity index (χ0) is 11.7. The molecule has 1 aromatic carbocycles. The Morgan fingerprint density at radius 3 is 2.82 bits per heavy atom. The predicted octanol–water partition coefficient (Wildman–Crippen LogP) is 3.68. The molecule has 0 radical (unpaired) electrons. The van der Waals surface area contributed by atoms with E-state index in [0.717, 1.165) is 11.6 Å². The highest BCUT2D eigenvalue weighted by Crippen LogP contribution is 2.36. The molecule has 3 heteroatoms. The first kappa shape index (κ1) is 11.4. The molecule has 0 amide bonds. The van der Waals surface area contributed by atoms with Crippen molar-refractivity contribution < 1.29 is 0 Å². The second-order valence-electron chi connectivity index (χ2n) is 5.06. The highest BCUT2D eigenvalue weighted by Gasteiger charge is 2.26. The molecule has 2 heterocycles.